The highest BCUT2D eigenvalue weighted by Crippen LogP contribution is 2.20. The maximum absolute atomic E-state index is 13.4. The van der Waals surface area contributed by atoms with E-state index >= 15 is 0 Å². The molecule has 0 saturated carbocycles. The number of nitrogens with zero attached hydrogens (tertiary/aromatic N) is 4. The molecule has 34 heavy (non-hydrogen) atoms. The molecule has 1 fully saturated rings. The minimum atomic E-state index is -0.264. The van der Waals surface area contributed by atoms with Crippen LogP contribution in [0.4, 0.5) is 4.39 Å². The van der Waals surface area contributed by atoms with Crippen LogP contribution in [-0.2, 0) is 24.4 Å². The Morgan fingerprint density at radius 2 is 1.50 bits per heavy atom. The molecule has 178 valence electrons. The van der Waals surface area contributed by atoms with Crippen LogP contribution in [0, 0.1) is 5.82 Å². The fraction of sp³-hybridized carbons (Fsp3) is 0.320. The second-order valence-corrected chi connectivity index (χ2v) is 9.70. The molecule has 1 saturated heterocycles. The van der Waals surface area contributed by atoms with Crippen molar-refractivity contribution in [2.24, 2.45) is 0 Å². The Morgan fingerprint density at radius 3 is 2.09 bits per heavy atom. The summed E-state index contributed by atoms with van der Waals surface area (Å²) >= 11 is 7.49. The van der Waals surface area contributed by atoms with Crippen molar-refractivity contribution in [2.45, 2.75) is 26.6 Å². The van der Waals surface area contributed by atoms with Crippen molar-refractivity contribution in [3.05, 3.63) is 86.6 Å². The van der Waals surface area contributed by atoms with Crippen LogP contribution in [0.25, 0.3) is 0 Å². The summed E-state index contributed by atoms with van der Waals surface area (Å²) in [6, 6.07) is 14.2. The van der Waals surface area contributed by atoms with Gasteiger partial charge in [0.15, 0.2) is 0 Å². The molecule has 9 heteroatoms. The summed E-state index contributed by atoms with van der Waals surface area (Å²) in [6.45, 7) is 5.48. The van der Waals surface area contributed by atoms with E-state index in [0.29, 0.717) is 56.5 Å². The molecule has 0 N–H and O–H groups in total. The Kier molecular flexibility index (Phi) is 7.92. The Bertz CT molecular complexity index is 1080. The zero-order chi connectivity index (χ0) is 24.1. The molecule has 0 aliphatic carbocycles. The lowest BCUT2D eigenvalue weighted by Gasteiger charge is -2.33. The van der Waals surface area contributed by atoms with Crippen LogP contribution in [0.15, 0.2) is 53.9 Å². The van der Waals surface area contributed by atoms with Gasteiger partial charge >= 0.3 is 0 Å². The van der Waals surface area contributed by atoms with Gasteiger partial charge in [-0.1, -0.05) is 35.9 Å². The van der Waals surface area contributed by atoms with Crippen LogP contribution < -0.4 is 0 Å². The SMILES string of the molecule is CC(=O)N1CCN(C(=O)c2csc(CN(Cc3ccc(F)cc3)Cc3ccc(Cl)cc3)n2)CC1. The second kappa shape index (κ2) is 11.1. The molecule has 1 aromatic heterocycles. The van der Waals surface area contributed by atoms with Gasteiger partial charge in [0.2, 0.25) is 5.91 Å². The highest BCUT2D eigenvalue weighted by Gasteiger charge is 2.25. The van der Waals surface area contributed by atoms with E-state index in [2.05, 4.69) is 9.88 Å². The van der Waals surface area contributed by atoms with Crippen LogP contribution in [0.5, 0.6) is 0 Å². The predicted molar refractivity (Wildman–Crippen MR) is 131 cm³/mol. The lowest BCUT2D eigenvalue weighted by molar-refractivity contribution is -0.130. The summed E-state index contributed by atoms with van der Waals surface area (Å²) in [6.07, 6.45) is 0. The fourth-order valence-electron chi connectivity index (χ4n) is 3.92. The first-order valence-corrected chi connectivity index (χ1v) is 12.3. The summed E-state index contributed by atoms with van der Waals surface area (Å²) in [7, 11) is 0. The fourth-order valence-corrected chi connectivity index (χ4v) is 4.86. The van der Waals surface area contributed by atoms with E-state index < -0.39 is 0 Å². The Hall–Kier alpha value is -2.81. The first-order valence-electron chi connectivity index (χ1n) is 11.1. The van der Waals surface area contributed by atoms with Gasteiger partial charge in [-0.25, -0.2) is 9.37 Å². The largest absolute Gasteiger partial charge is 0.339 e. The first kappa shape index (κ1) is 24.3. The van der Waals surface area contributed by atoms with Crippen molar-refractivity contribution < 1.29 is 14.0 Å². The molecule has 6 nitrogen and oxygen atoms in total. The van der Waals surface area contributed by atoms with Gasteiger partial charge in [-0.15, -0.1) is 11.3 Å². The first-order chi connectivity index (χ1) is 16.4. The second-order valence-electron chi connectivity index (χ2n) is 8.32. The molecule has 2 aromatic carbocycles. The van der Waals surface area contributed by atoms with Crippen molar-refractivity contribution in [3.8, 4) is 0 Å². The molecule has 1 aliphatic heterocycles. The molecule has 4 rings (SSSR count). The van der Waals surface area contributed by atoms with Crippen LogP contribution in [0.2, 0.25) is 5.02 Å². The maximum atomic E-state index is 13.4. The van der Waals surface area contributed by atoms with Crippen molar-refractivity contribution in [1.29, 1.82) is 0 Å². The van der Waals surface area contributed by atoms with Crippen molar-refractivity contribution in [3.63, 3.8) is 0 Å². The molecule has 3 aromatic rings. The van der Waals surface area contributed by atoms with E-state index in [1.165, 1.54) is 23.5 Å². The van der Waals surface area contributed by atoms with Gasteiger partial charge in [-0.3, -0.25) is 14.5 Å². The zero-order valence-corrected chi connectivity index (χ0v) is 20.5. The van der Waals surface area contributed by atoms with E-state index in [0.717, 1.165) is 16.1 Å². The van der Waals surface area contributed by atoms with Gasteiger partial charge in [0.05, 0.1) is 6.54 Å². The third-order valence-electron chi connectivity index (χ3n) is 5.78. The molecule has 0 unspecified atom stereocenters. The number of rotatable bonds is 7. The van der Waals surface area contributed by atoms with Gasteiger partial charge in [0.1, 0.15) is 16.5 Å². The number of piperazine rings is 1. The number of aromatic nitrogens is 1. The van der Waals surface area contributed by atoms with Crippen molar-refractivity contribution >= 4 is 34.8 Å². The third-order valence-corrected chi connectivity index (χ3v) is 6.87. The smallest absolute Gasteiger partial charge is 0.273 e. The van der Waals surface area contributed by atoms with Crippen molar-refractivity contribution in [2.75, 3.05) is 26.2 Å². The van der Waals surface area contributed by atoms with E-state index in [1.807, 2.05) is 24.3 Å². The van der Waals surface area contributed by atoms with E-state index in [9.17, 15) is 14.0 Å². The van der Waals surface area contributed by atoms with Gasteiger partial charge in [0.25, 0.3) is 5.91 Å². The lowest BCUT2D eigenvalue weighted by Crippen LogP contribution is -2.50. The summed E-state index contributed by atoms with van der Waals surface area (Å²) < 4.78 is 13.4. The quantitative estimate of drug-likeness (QED) is 0.481. The van der Waals surface area contributed by atoms with Gasteiger partial charge in [0, 0.05) is 56.6 Å². The summed E-state index contributed by atoms with van der Waals surface area (Å²) in [4.78, 5) is 34.8. The number of amides is 2. The average molecular weight is 501 g/mol. The Labute approximate surface area is 207 Å². The predicted octanol–water partition coefficient (Wildman–Crippen LogP) is 4.44. The van der Waals surface area contributed by atoms with Gasteiger partial charge in [-0.2, -0.15) is 0 Å². The summed E-state index contributed by atoms with van der Waals surface area (Å²) in [5, 5.41) is 3.32. The standard InChI is InChI=1S/C25H26ClFN4O2S/c1-18(32)30-10-12-31(13-11-30)25(33)23-17-34-24(28-23)16-29(14-19-2-6-21(26)7-3-19)15-20-4-8-22(27)9-5-20/h2-9,17H,10-16H2,1H3. The van der Waals surface area contributed by atoms with E-state index in [-0.39, 0.29) is 17.6 Å². The van der Waals surface area contributed by atoms with E-state index in [1.54, 1.807) is 34.2 Å². The van der Waals surface area contributed by atoms with Crippen LogP contribution in [0.3, 0.4) is 0 Å². The maximum Gasteiger partial charge on any atom is 0.273 e. The molecular weight excluding hydrogens is 475 g/mol. The number of carbonyl (C=O) groups excluding carboxylic acids is 2. The number of hydrogen-bond donors (Lipinski definition) is 0. The normalized spacial score (nSPS) is 14.0. The molecule has 2 heterocycles. The molecule has 0 bridgehead atoms. The Balaban J connectivity index is 1.44. The lowest BCUT2D eigenvalue weighted by atomic mass is 10.1. The van der Waals surface area contributed by atoms with Crippen LogP contribution in [-0.4, -0.2) is 57.7 Å². The molecular formula is C25H26ClFN4O2S. The van der Waals surface area contributed by atoms with Crippen LogP contribution >= 0.6 is 22.9 Å². The highest BCUT2D eigenvalue weighted by molar-refractivity contribution is 7.09. The minimum absolute atomic E-state index is 0.0324. The van der Waals surface area contributed by atoms with Crippen LogP contribution in [0.1, 0.15) is 33.5 Å². The summed E-state index contributed by atoms with van der Waals surface area (Å²) in [5.41, 5.74) is 2.53. The summed E-state index contributed by atoms with van der Waals surface area (Å²) in [5.74, 6) is -0.335. The molecule has 0 atom stereocenters. The van der Waals surface area contributed by atoms with Crippen molar-refractivity contribution in [1.82, 2.24) is 19.7 Å². The van der Waals surface area contributed by atoms with Gasteiger partial charge < -0.3 is 9.80 Å². The topological polar surface area (TPSA) is 56.8 Å². The average Bonchev–Trinajstić information content (AvgIpc) is 3.30. The number of thiazole rings is 1. The minimum Gasteiger partial charge on any atom is -0.339 e. The number of halogens is 2. The highest BCUT2D eigenvalue weighted by atomic mass is 35.5. The zero-order valence-electron chi connectivity index (χ0n) is 18.9. The monoisotopic (exact) mass is 500 g/mol. The number of benzene rings is 2. The number of carbonyl (C=O) groups is 2. The molecule has 0 radical (unpaired) electrons. The number of hydrogen-bond acceptors (Lipinski definition) is 5. The third kappa shape index (κ3) is 6.40. The van der Waals surface area contributed by atoms with E-state index in [4.69, 9.17) is 11.6 Å². The molecule has 2 amide bonds. The Morgan fingerprint density at radius 1 is 0.941 bits per heavy atom. The molecule has 0 spiro atoms. The van der Waals surface area contributed by atoms with Gasteiger partial charge in [-0.05, 0) is 35.4 Å². The molecule has 1 aliphatic rings.